The van der Waals surface area contributed by atoms with Crippen molar-refractivity contribution in [3.8, 4) is 0 Å². The first-order valence-corrected chi connectivity index (χ1v) is 7.56. The van der Waals surface area contributed by atoms with Crippen molar-refractivity contribution in [2.24, 2.45) is 0 Å². The molecule has 16 heavy (non-hydrogen) atoms. The minimum atomic E-state index is 0.218. The van der Waals surface area contributed by atoms with Crippen molar-refractivity contribution in [1.29, 1.82) is 0 Å². The second-order valence-corrected chi connectivity index (χ2v) is 6.09. The van der Waals surface area contributed by atoms with Crippen molar-refractivity contribution >= 4 is 11.8 Å². The van der Waals surface area contributed by atoms with E-state index < -0.39 is 0 Å². The normalized spacial score (nSPS) is 29.1. The lowest BCUT2D eigenvalue weighted by molar-refractivity contribution is -0.0930. The van der Waals surface area contributed by atoms with Gasteiger partial charge in [-0.05, 0) is 50.2 Å². The number of hydrogen-bond acceptors (Lipinski definition) is 3. The average Bonchev–Trinajstić information content (AvgIpc) is 2.31. The van der Waals surface area contributed by atoms with E-state index in [4.69, 9.17) is 4.74 Å². The van der Waals surface area contributed by atoms with Crippen LogP contribution in [0.15, 0.2) is 12.7 Å². The molecule has 2 fully saturated rings. The van der Waals surface area contributed by atoms with Crippen LogP contribution in [-0.4, -0.2) is 36.3 Å². The van der Waals surface area contributed by atoms with Gasteiger partial charge in [0.25, 0.3) is 0 Å². The minimum absolute atomic E-state index is 0.218. The highest BCUT2D eigenvalue weighted by molar-refractivity contribution is 7.99. The summed E-state index contributed by atoms with van der Waals surface area (Å²) in [5, 5.41) is 3.64. The van der Waals surface area contributed by atoms with Crippen LogP contribution in [0.5, 0.6) is 0 Å². The van der Waals surface area contributed by atoms with Gasteiger partial charge < -0.3 is 10.1 Å². The first kappa shape index (κ1) is 12.5. The number of hydrogen-bond donors (Lipinski definition) is 1. The smallest absolute Gasteiger partial charge is 0.0713 e. The standard InChI is InChI=1S/C13H23NOS/c1-2-3-7-14-12-4-8-15-13(11-12)5-9-16-10-6-13/h2,12,14H,1,3-11H2. The molecule has 2 nitrogen and oxygen atoms in total. The molecule has 0 radical (unpaired) electrons. The Balaban J connectivity index is 1.80. The van der Waals surface area contributed by atoms with Gasteiger partial charge >= 0.3 is 0 Å². The summed E-state index contributed by atoms with van der Waals surface area (Å²) in [4.78, 5) is 0. The van der Waals surface area contributed by atoms with E-state index in [-0.39, 0.29) is 5.60 Å². The van der Waals surface area contributed by atoms with Gasteiger partial charge in [-0.2, -0.15) is 11.8 Å². The van der Waals surface area contributed by atoms with Crippen LogP contribution in [0, 0.1) is 0 Å². The second kappa shape index (κ2) is 6.08. The summed E-state index contributed by atoms with van der Waals surface area (Å²) in [5.74, 6) is 2.55. The minimum Gasteiger partial charge on any atom is -0.375 e. The zero-order valence-electron chi connectivity index (χ0n) is 10.0. The van der Waals surface area contributed by atoms with E-state index in [0.717, 1.165) is 19.6 Å². The highest BCUT2D eigenvalue weighted by Gasteiger charge is 2.38. The van der Waals surface area contributed by atoms with Crippen molar-refractivity contribution in [1.82, 2.24) is 5.32 Å². The summed E-state index contributed by atoms with van der Waals surface area (Å²) >= 11 is 2.07. The van der Waals surface area contributed by atoms with Gasteiger partial charge in [0.15, 0.2) is 0 Å². The monoisotopic (exact) mass is 241 g/mol. The summed E-state index contributed by atoms with van der Waals surface area (Å²) in [6, 6.07) is 0.664. The summed E-state index contributed by atoms with van der Waals surface area (Å²) in [6.07, 6.45) is 7.94. The van der Waals surface area contributed by atoms with E-state index in [0.29, 0.717) is 6.04 Å². The molecule has 3 heteroatoms. The third-order valence-corrected chi connectivity index (χ3v) is 4.66. The Bertz CT molecular complexity index is 220. The van der Waals surface area contributed by atoms with Gasteiger partial charge in [-0.15, -0.1) is 6.58 Å². The number of nitrogens with one attached hydrogen (secondary N) is 1. The molecule has 1 atom stereocenters. The van der Waals surface area contributed by atoms with Gasteiger partial charge in [-0.1, -0.05) is 6.08 Å². The Morgan fingerprint density at radius 2 is 2.25 bits per heavy atom. The van der Waals surface area contributed by atoms with E-state index in [1.165, 1.54) is 37.2 Å². The van der Waals surface area contributed by atoms with Crippen LogP contribution in [0.2, 0.25) is 0 Å². The molecule has 2 heterocycles. The quantitative estimate of drug-likeness (QED) is 0.604. The molecule has 1 spiro atoms. The lowest BCUT2D eigenvalue weighted by Crippen LogP contribution is -2.49. The molecule has 0 aromatic heterocycles. The number of ether oxygens (including phenoxy) is 1. The first-order chi connectivity index (χ1) is 7.85. The molecule has 0 saturated carbocycles. The Kier molecular flexibility index (Phi) is 4.74. The van der Waals surface area contributed by atoms with E-state index in [9.17, 15) is 0 Å². The van der Waals surface area contributed by atoms with Gasteiger partial charge in [0.05, 0.1) is 5.60 Å². The predicted molar refractivity (Wildman–Crippen MR) is 71.1 cm³/mol. The molecule has 2 aliphatic heterocycles. The number of rotatable bonds is 4. The zero-order valence-corrected chi connectivity index (χ0v) is 10.9. The maximum absolute atomic E-state index is 6.07. The fourth-order valence-electron chi connectivity index (χ4n) is 2.68. The summed E-state index contributed by atoms with van der Waals surface area (Å²) in [7, 11) is 0. The lowest BCUT2D eigenvalue weighted by atomic mass is 9.85. The van der Waals surface area contributed by atoms with Gasteiger partial charge in [-0.3, -0.25) is 0 Å². The predicted octanol–water partition coefficient (Wildman–Crippen LogP) is 2.60. The first-order valence-electron chi connectivity index (χ1n) is 6.41. The van der Waals surface area contributed by atoms with E-state index >= 15 is 0 Å². The maximum Gasteiger partial charge on any atom is 0.0713 e. The fourth-order valence-corrected chi connectivity index (χ4v) is 3.92. The van der Waals surface area contributed by atoms with E-state index in [1.54, 1.807) is 0 Å². The molecule has 0 amide bonds. The van der Waals surface area contributed by atoms with Crippen LogP contribution in [-0.2, 0) is 4.74 Å². The van der Waals surface area contributed by atoms with Crippen molar-refractivity contribution in [2.45, 2.75) is 43.7 Å². The van der Waals surface area contributed by atoms with Crippen LogP contribution < -0.4 is 5.32 Å². The third kappa shape index (κ3) is 3.25. The molecule has 1 N–H and O–H groups in total. The van der Waals surface area contributed by atoms with Crippen molar-refractivity contribution in [3.05, 3.63) is 12.7 Å². The van der Waals surface area contributed by atoms with Gasteiger partial charge in [0.2, 0.25) is 0 Å². The Morgan fingerprint density at radius 1 is 1.44 bits per heavy atom. The van der Waals surface area contributed by atoms with Crippen molar-refractivity contribution in [3.63, 3.8) is 0 Å². The van der Waals surface area contributed by atoms with Crippen LogP contribution in [0.3, 0.4) is 0 Å². The Morgan fingerprint density at radius 3 is 3.00 bits per heavy atom. The van der Waals surface area contributed by atoms with Crippen molar-refractivity contribution in [2.75, 3.05) is 24.7 Å². The summed E-state index contributed by atoms with van der Waals surface area (Å²) in [6.45, 7) is 5.77. The molecule has 1 unspecified atom stereocenters. The zero-order chi connectivity index (χ0) is 11.3. The molecule has 0 aliphatic carbocycles. The van der Waals surface area contributed by atoms with Gasteiger partial charge in [0.1, 0.15) is 0 Å². The SMILES string of the molecule is C=CCCNC1CCOC2(CCSCC2)C1. The fraction of sp³-hybridized carbons (Fsp3) is 0.846. The van der Waals surface area contributed by atoms with Gasteiger partial charge in [-0.25, -0.2) is 0 Å². The van der Waals surface area contributed by atoms with E-state index in [2.05, 4.69) is 23.7 Å². The van der Waals surface area contributed by atoms with Crippen LogP contribution in [0.25, 0.3) is 0 Å². The number of thioether (sulfide) groups is 1. The summed E-state index contributed by atoms with van der Waals surface area (Å²) in [5.41, 5.74) is 0.218. The Labute approximate surface area is 103 Å². The molecule has 2 aliphatic rings. The molecular formula is C13H23NOS. The van der Waals surface area contributed by atoms with Crippen molar-refractivity contribution < 1.29 is 4.74 Å². The van der Waals surface area contributed by atoms with E-state index in [1.807, 2.05) is 6.08 Å². The largest absolute Gasteiger partial charge is 0.375 e. The molecular weight excluding hydrogens is 218 g/mol. The second-order valence-electron chi connectivity index (χ2n) is 4.87. The highest BCUT2D eigenvalue weighted by Crippen LogP contribution is 2.37. The van der Waals surface area contributed by atoms with Crippen LogP contribution in [0.4, 0.5) is 0 Å². The highest BCUT2D eigenvalue weighted by atomic mass is 32.2. The molecule has 92 valence electrons. The lowest BCUT2D eigenvalue weighted by Gasteiger charge is -2.43. The maximum atomic E-state index is 6.07. The van der Waals surface area contributed by atoms with Crippen LogP contribution >= 0.6 is 11.8 Å². The van der Waals surface area contributed by atoms with Gasteiger partial charge in [0, 0.05) is 12.6 Å². The van der Waals surface area contributed by atoms with Crippen LogP contribution in [0.1, 0.15) is 32.1 Å². The molecule has 0 aromatic rings. The third-order valence-electron chi connectivity index (χ3n) is 3.68. The molecule has 2 saturated heterocycles. The molecule has 0 bridgehead atoms. The molecule has 0 aromatic carbocycles. The summed E-state index contributed by atoms with van der Waals surface area (Å²) < 4.78 is 6.07. The topological polar surface area (TPSA) is 21.3 Å². The average molecular weight is 241 g/mol. The Hall–Kier alpha value is 0.0100. The molecule has 2 rings (SSSR count).